The van der Waals surface area contributed by atoms with E-state index >= 15 is 0 Å². The van der Waals surface area contributed by atoms with Gasteiger partial charge in [-0.2, -0.15) is 0 Å². The minimum absolute atomic E-state index is 0.928. The Morgan fingerprint density at radius 1 is 0.141 bits per heavy atom. The fourth-order valence-corrected chi connectivity index (χ4v) is 10.8. The van der Waals surface area contributed by atoms with Crippen molar-refractivity contribution >= 4 is 0 Å². The smallest absolute Gasteiger partial charge is 0.0702 e. The molecule has 10 aromatic carbocycles. The summed E-state index contributed by atoms with van der Waals surface area (Å²) in [5.41, 5.74) is 26.5. The molecular weight excluding hydrogens is 943 g/mol. The molecule has 0 amide bonds. The van der Waals surface area contributed by atoms with E-state index in [1.165, 1.54) is 11.1 Å². The van der Waals surface area contributed by atoms with Gasteiger partial charge < -0.3 is 0 Å². The molecule has 0 fully saturated rings. The lowest BCUT2D eigenvalue weighted by molar-refractivity contribution is 1.33. The molecule has 0 aliphatic carbocycles. The summed E-state index contributed by atoms with van der Waals surface area (Å²) in [6, 6.07) is 105. The lowest BCUT2D eigenvalue weighted by Gasteiger charge is -2.20. The average molecular weight is 994 g/mol. The summed E-state index contributed by atoms with van der Waals surface area (Å²) in [6.07, 6.45) is 5.56. The number of hydrogen-bond acceptors (Lipinski definition) is 3. The highest BCUT2D eigenvalue weighted by Gasteiger charge is 2.20. The molecule has 0 aliphatic heterocycles. The predicted octanol–water partition coefficient (Wildman–Crippen LogP) is 19.9. The van der Waals surface area contributed by atoms with E-state index in [1.807, 2.05) is 48.9 Å². The van der Waals surface area contributed by atoms with Crippen LogP contribution in [0.1, 0.15) is 0 Å². The van der Waals surface area contributed by atoms with Crippen LogP contribution in [0.2, 0.25) is 0 Å². The van der Waals surface area contributed by atoms with Gasteiger partial charge in [0.1, 0.15) is 0 Å². The highest BCUT2D eigenvalue weighted by Crippen LogP contribution is 2.46. The largest absolute Gasteiger partial charge is 0.256 e. The molecule has 13 aromatic rings. The highest BCUT2D eigenvalue weighted by atomic mass is 14.7. The Hall–Kier alpha value is -10.4. The van der Waals surface area contributed by atoms with Crippen LogP contribution in [-0.4, -0.2) is 15.0 Å². The molecule has 0 atom stereocenters. The van der Waals surface area contributed by atoms with E-state index in [4.69, 9.17) is 4.98 Å². The highest BCUT2D eigenvalue weighted by molar-refractivity contribution is 5.99. The summed E-state index contributed by atoms with van der Waals surface area (Å²) < 4.78 is 0. The lowest BCUT2D eigenvalue weighted by atomic mass is 9.83. The fourth-order valence-electron chi connectivity index (χ4n) is 10.8. The summed E-state index contributed by atoms with van der Waals surface area (Å²) in [4.78, 5) is 14.1. The maximum atomic E-state index is 4.82. The van der Waals surface area contributed by atoms with Gasteiger partial charge in [0.05, 0.1) is 17.1 Å². The number of aromatic nitrogens is 3. The molecule has 0 saturated heterocycles. The average Bonchev–Trinajstić information content (AvgIpc) is 3.57. The van der Waals surface area contributed by atoms with Crippen molar-refractivity contribution in [2.75, 3.05) is 0 Å². The third kappa shape index (κ3) is 9.76. The molecule has 3 nitrogen and oxygen atoms in total. The molecule has 13 rings (SSSR count). The second-order valence-electron chi connectivity index (χ2n) is 19.5. The minimum Gasteiger partial charge on any atom is -0.256 e. The zero-order chi connectivity index (χ0) is 52.0. The molecular formula is C75H51N3. The van der Waals surface area contributed by atoms with Gasteiger partial charge in [-0.1, -0.05) is 224 Å². The lowest BCUT2D eigenvalue weighted by Crippen LogP contribution is -1.95. The van der Waals surface area contributed by atoms with Crippen molar-refractivity contribution in [1.29, 1.82) is 0 Å². The van der Waals surface area contributed by atoms with Crippen LogP contribution in [0.5, 0.6) is 0 Å². The van der Waals surface area contributed by atoms with E-state index in [0.29, 0.717) is 0 Å². The Morgan fingerprint density at radius 2 is 0.436 bits per heavy atom. The van der Waals surface area contributed by atoms with E-state index < -0.39 is 0 Å². The Kier molecular flexibility index (Phi) is 13.0. The van der Waals surface area contributed by atoms with E-state index in [9.17, 15) is 0 Å². The van der Waals surface area contributed by atoms with Crippen LogP contribution in [-0.2, 0) is 0 Å². The molecule has 0 bridgehead atoms. The molecule has 366 valence electrons. The van der Waals surface area contributed by atoms with Crippen molar-refractivity contribution in [3.8, 4) is 134 Å². The van der Waals surface area contributed by atoms with Crippen LogP contribution >= 0.6 is 0 Å². The molecule has 0 saturated carbocycles. The first-order valence-corrected chi connectivity index (χ1v) is 26.5. The quantitative estimate of drug-likeness (QED) is 0.122. The summed E-state index contributed by atoms with van der Waals surface area (Å²) in [6.45, 7) is 0. The maximum absolute atomic E-state index is 4.82. The molecule has 78 heavy (non-hydrogen) atoms. The first-order chi connectivity index (χ1) is 38.7. The predicted molar refractivity (Wildman–Crippen MR) is 325 cm³/mol. The molecule has 3 heteroatoms. The van der Waals surface area contributed by atoms with Gasteiger partial charge in [0.2, 0.25) is 0 Å². The van der Waals surface area contributed by atoms with Crippen LogP contribution in [0, 0.1) is 0 Å². The van der Waals surface area contributed by atoms with Crippen molar-refractivity contribution < 1.29 is 0 Å². The fraction of sp³-hybridized carbons (Fsp3) is 0. The summed E-state index contributed by atoms with van der Waals surface area (Å²) >= 11 is 0. The van der Waals surface area contributed by atoms with Crippen LogP contribution in [0.4, 0.5) is 0 Å². The summed E-state index contributed by atoms with van der Waals surface area (Å²) in [5, 5.41) is 0. The topological polar surface area (TPSA) is 38.7 Å². The van der Waals surface area contributed by atoms with Gasteiger partial charge in [0.25, 0.3) is 0 Å². The molecule has 0 aliphatic rings. The second kappa shape index (κ2) is 21.5. The van der Waals surface area contributed by atoms with Crippen molar-refractivity contribution in [3.05, 3.63) is 310 Å². The summed E-state index contributed by atoms with van der Waals surface area (Å²) in [7, 11) is 0. The molecule has 0 N–H and O–H groups in total. The van der Waals surface area contributed by atoms with E-state index in [2.05, 4.69) is 271 Å². The standard InChI is InChI=1S/C75H51N3/c1-3-17-52(18-4-1)54-28-30-57(31-29-54)71-51-61(75-27-13-16-46-78-75)41-43-70(71)72-50-60(53-19-5-2-6-20-53)40-42-69(72)64-48-62(67-23-9-7-21-65(67)55-32-36-58(37-33-55)73-25-11-14-44-76-73)47-63(49-64)68-24-10-8-22-66(68)56-34-38-59(39-35-56)74-26-12-15-45-77-74/h1-51H. The number of nitrogens with zero attached hydrogens (tertiary/aromatic N) is 3. The van der Waals surface area contributed by atoms with Crippen LogP contribution in [0.15, 0.2) is 310 Å². The van der Waals surface area contributed by atoms with Gasteiger partial charge in [-0.25, -0.2) is 0 Å². The third-order valence-electron chi connectivity index (χ3n) is 14.7. The number of pyridine rings is 3. The van der Waals surface area contributed by atoms with E-state index in [0.717, 1.165) is 123 Å². The van der Waals surface area contributed by atoms with Gasteiger partial charge in [-0.15, -0.1) is 0 Å². The Bertz CT molecular complexity index is 4030. The third-order valence-corrected chi connectivity index (χ3v) is 14.7. The van der Waals surface area contributed by atoms with Gasteiger partial charge in [0.15, 0.2) is 0 Å². The molecule has 3 heterocycles. The van der Waals surface area contributed by atoms with Gasteiger partial charge >= 0.3 is 0 Å². The van der Waals surface area contributed by atoms with E-state index in [-0.39, 0.29) is 0 Å². The number of benzene rings is 10. The van der Waals surface area contributed by atoms with Gasteiger partial charge in [-0.3, -0.25) is 15.0 Å². The van der Waals surface area contributed by atoms with Crippen LogP contribution in [0.3, 0.4) is 0 Å². The van der Waals surface area contributed by atoms with E-state index in [1.54, 1.807) is 0 Å². The second-order valence-corrected chi connectivity index (χ2v) is 19.5. The SMILES string of the molecule is c1ccc(-c2ccc(-c3cc(-c4ccccn4)ccc3-c3cc(-c4ccccc4)ccc3-c3cc(-c4ccccc4-c4ccc(-c5ccccn5)cc4)cc(-c4ccccc4-c4ccc(-c5ccccn5)cc4)c3)cc2)cc1. The zero-order valence-corrected chi connectivity index (χ0v) is 42.8. The number of hydrogen-bond donors (Lipinski definition) is 0. The zero-order valence-electron chi connectivity index (χ0n) is 42.8. The first-order valence-electron chi connectivity index (χ1n) is 26.5. The van der Waals surface area contributed by atoms with Crippen molar-refractivity contribution in [3.63, 3.8) is 0 Å². The Balaban J connectivity index is 1.03. The summed E-state index contributed by atoms with van der Waals surface area (Å²) in [5.74, 6) is 0. The molecule has 3 aromatic heterocycles. The Morgan fingerprint density at radius 3 is 0.885 bits per heavy atom. The minimum atomic E-state index is 0.928. The van der Waals surface area contributed by atoms with Crippen molar-refractivity contribution in [2.24, 2.45) is 0 Å². The van der Waals surface area contributed by atoms with Crippen molar-refractivity contribution in [1.82, 2.24) is 15.0 Å². The normalized spacial score (nSPS) is 11.1. The number of rotatable bonds is 12. The van der Waals surface area contributed by atoms with Crippen LogP contribution in [0.25, 0.3) is 134 Å². The van der Waals surface area contributed by atoms with Gasteiger partial charge in [0, 0.05) is 35.3 Å². The maximum Gasteiger partial charge on any atom is 0.0702 e. The van der Waals surface area contributed by atoms with Gasteiger partial charge in [-0.05, 0) is 167 Å². The van der Waals surface area contributed by atoms with Crippen LogP contribution < -0.4 is 0 Å². The molecule has 0 spiro atoms. The molecule has 0 radical (unpaired) electrons. The Labute approximate surface area is 456 Å². The first kappa shape index (κ1) is 47.4. The molecule has 0 unspecified atom stereocenters. The monoisotopic (exact) mass is 993 g/mol. The van der Waals surface area contributed by atoms with Crippen molar-refractivity contribution in [2.45, 2.75) is 0 Å².